The highest BCUT2D eigenvalue weighted by Crippen LogP contribution is 2.48. The number of hydrogen-bond donors (Lipinski definition) is 7. The van der Waals surface area contributed by atoms with E-state index in [4.69, 9.17) is 5.73 Å². The van der Waals surface area contributed by atoms with Crippen LogP contribution in [0.1, 0.15) is 138 Å². The molecule has 0 radical (unpaired) electrons. The second-order valence-corrected chi connectivity index (χ2v) is 23.3. The Morgan fingerprint density at radius 1 is 0.910 bits per heavy atom. The molecule has 0 unspecified atom stereocenters. The van der Waals surface area contributed by atoms with Crippen molar-refractivity contribution in [3.8, 4) is 0 Å². The first-order valence-electron chi connectivity index (χ1n) is 27.3. The SMILES string of the molecule is CCCCCN1C(=CC=C2CCCC(C=CC3=[N+](CCCCS(=O)(=O)O)c4ccccc4C3(C)C)=C2NCCCC[C@H](NC(=O)c2ccc(NCc3cnc4nc(N)[nH]c(=O)c4n3)cc2)C(=O)O)C(C)(C)c2cc(C)ccc21. The number of amides is 1. The first-order chi connectivity index (χ1) is 37.2. The van der Waals surface area contributed by atoms with Crippen molar-refractivity contribution in [2.45, 2.75) is 136 Å². The molecule has 8 N–H and O–H groups in total. The predicted octanol–water partition coefficient (Wildman–Crippen LogP) is 9.70. The van der Waals surface area contributed by atoms with Gasteiger partial charge in [0.15, 0.2) is 16.9 Å². The molecule has 8 rings (SSSR count). The molecule has 18 heteroatoms. The number of carbonyl (C=O) groups excluding carboxylic acids is 1. The zero-order chi connectivity index (χ0) is 55.8. The summed E-state index contributed by atoms with van der Waals surface area (Å²) in [5.41, 5.74) is 18.2. The molecule has 2 aliphatic heterocycles. The number of nitrogens with zero attached hydrogens (tertiary/aromatic N) is 5. The van der Waals surface area contributed by atoms with E-state index in [0.717, 1.165) is 62.2 Å². The normalized spacial score (nSPS) is 17.3. The number of H-pyrrole nitrogens is 1. The predicted molar refractivity (Wildman–Crippen MR) is 309 cm³/mol. The number of aromatic nitrogens is 4. The second kappa shape index (κ2) is 24.5. The van der Waals surface area contributed by atoms with Crippen LogP contribution in [0.5, 0.6) is 0 Å². The van der Waals surface area contributed by atoms with Crippen LogP contribution < -0.4 is 32.1 Å². The number of hydrogen-bond acceptors (Lipinski definition) is 12. The minimum Gasteiger partial charge on any atom is -0.480 e. The Morgan fingerprint density at radius 2 is 1.69 bits per heavy atom. The van der Waals surface area contributed by atoms with Crippen LogP contribution in [0.2, 0.25) is 0 Å². The van der Waals surface area contributed by atoms with Crippen molar-refractivity contribution in [3.63, 3.8) is 0 Å². The summed E-state index contributed by atoms with van der Waals surface area (Å²) in [5.74, 6) is -1.93. The number of benzene rings is 3. The maximum absolute atomic E-state index is 13.4. The zero-order valence-electron chi connectivity index (χ0n) is 45.8. The smallest absolute Gasteiger partial charge is 0.326 e. The van der Waals surface area contributed by atoms with Gasteiger partial charge >= 0.3 is 5.97 Å². The fourth-order valence-corrected chi connectivity index (χ4v) is 11.6. The monoisotopic (exact) mass is 1080 g/mol. The quantitative estimate of drug-likeness (QED) is 0.0173. The number of allylic oxidation sites excluding steroid dienone is 7. The van der Waals surface area contributed by atoms with Crippen LogP contribution in [0.25, 0.3) is 11.2 Å². The van der Waals surface area contributed by atoms with Crippen molar-refractivity contribution >= 4 is 61.9 Å². The number of carboxylic acid groups (broad SMARTS) is 1. The number of anilines is 3. The Balaban J connectivity index is 0.995. The fraction of sp³-hybridized carbons (Fsp3) is 0.417. The lowest BCUT2D eigenvalue weighted by Gasteiger charge is -2.28. The summed E-state index contributed by atoms with van der Waals surface area (Å²) in [7, 11) is -4.07. The summed E-state index contributed by atoms with van der Waals surface area (Å²) in [6.07, 6.45) is 19.0. The molecule has 17 nitrogen and oxygen atoms in total. The molecule has 2 aromatic heterocycles. The molecule has 0 bridgehead atoms. The third-order valence-corrected chi connectivity index (χ3v) is 16.0. The van der Waals surface area contributed by atoms with Crippen molar-refractivity contribution in [3.05, 3.63) is 158 Å². The van der Waals surface area contributed by atoms with Crippen LogP contribution >= 0.6 is 0 Å². The summed E-state index contributed by atoms with van der Waals surface area (Å²) in [6.45, 7) is 15.8. The van der Waals surface area contributed by atoms with Crippen molar-refractivity contribution in [2.75, 3.05) is 41.3 Å². The van der Waals surface area contributed by atoms with Gasteiger partial charge in [-0.1, -0.05) is 81.7 Å². The Morgan fingerprint density at radius 3 is 2.45 bits per heavy atom. The van der Waals surface area contributed by atoms with E-state index in [1.165, 1.54) is 45.4 Å². The molecular weight excluding hydrogens is 1000 g/mol. The van der Waals surface area contributed by atoms with Gasteiger partial charge in [-0.25, -0.2) is 14.8 Å². The number of rotatable bonds is 24. The van der Waals surface area contributed by atoms with E-state index in [2.05, 4.69) is 148 Å². The van der Waals surface area contributed by atoms with E-state index in [9.17, 15) is 32.5 Å². The molecule has 5 aromatic rings. The third kappa shape index (κ3) is 13.3. The van der Waals surface area contributed by atoms with Crippen molar-refractivity contribution in [2.24, 2.45) is 0 Å². The van der Waals surface area contributed by atoms with Crippen LogP contribution in [0.15, 0.2) is 125 Å². The number of para-hydroxylation sites is 1. The number of aliphatic carboxylic acids is 1. The first-order valence-corrected chi connectivity index (χ1v) is 28.9. The molecule has 1 atom stereocenters. The summed E-state index contributed by atoms with van der Waals surface area (Å²) >= 11 is 0. The standard InChI is InChI=1S/C60H74N10O7S/c1-7-8-13-33-70-49-29-22-39(2)36-46(49)60(5,6)51(70)31-26-41-18-16-17-40(25-30-50-59(3,4)45-19-9-10-21-48(45)69(50)34-14-15-35-78(75,76)77)52(41)62-32-12-11-20-47(57(73)74)66-55(71)42-23-27-43(28-24-42)63-37-44-38-64-54-53(65-44)56(72)68-58(61)67-54/h9-10,19,21-31,36,38,47H,7-8,11-18,20,32-35,37H2,1-6H3,(H7,61,63,64,66,67,68,71,72,73,74,75,76,77)/p+1/t47-/m0/s1. The minimum absolute atomic E-state index is 0.0457. The van der Waals surface area contributed by atoms with E-state index >= 15 is 0 Å². The van der Waals surface area contributed by atoms with Gasteiger partial charge in [0.2, 0.25) is 11.6 Å². The summed E-state index contributed by atoms with van der Waals surface area (Å²) in [5, 5.41) is 20.0. The molecule has 0 saturated heterocycles. The highest BCUT2D eigenvalue weighted by molar-refractivity contribution is 7.85. The summed E-state index contributed by atoms with van der Waals surface area (Å²) in [4.78, 5) is 55.7. The molecule has 4 heterocycles. The third-order valence-electron chi connectivity index (χ3n) is 15.2. The van der Waals surface area contributed by atoms with Gasteiger partial charge in [0.1, 0.15) is 12.6 Å². The minimum atomic E-state index is -4.07. The number of aryl methyl sites for hydroxylation is 1. The molecule has 3 aliphatic rings. The molecule has 1 amide bonds. The maximum Gasteiger partial charge on any atom is 0.326 e. The topological polar surface area (TPSA) is 249 Å². The Labute approximate surface area is 457 Å². The van der Waals surface area contributed by atoms with Crippen LogP contribution in [0.4, 0.5) is 23.0 Å². The molecular formula is C60H75N10O7S+. The van der Waals surface area contributed by atoms with E-state index in [1.807, 2.05) is 6.07 Å². The Hall–Kier alpha value is -7.44. The van der Waals surface area contributed by atoms with Crippen LogP contribution in [0, 0.1) is 6.92 Å². The molecule has 0 fully saturated rings. The van der Waals surface area contributed by atoms with Gasteiger partial charge in [-0.05, 0) is 125 Å². The van der Waals surface area contributed by atoms with Gasteiger partial charge in [-0.15, -0.1) is 0 Å². The Bertz CT molecular complexity index is 3390. The summed E-state index contributed by atoms with van der Waals surface area (Å²) in [6, 6.07) is 20.7. The number of nitrogens with two attached hydrogens (primary N) is 1. The molecule has 3 aromatic carbocycles. The van der Waals surface area contributed by atoms with Gasteiger partial charge in [-0.2, -0.15) is 18.0 Å². The van der Waals surface area contributed by atoms with Crippen molar-refractivity contribution < 1.29 is 32.2 Å². The second-order valence-electron chi connectivity index (χ2n) is 21.7. The number of carbonyl (C=O) groups is 2. The maximum atomic E-state index is 13.4. The molecule has 0 saturated carbocycles. The van der Waals surface area contributed by atoms with Gasteiger partial charge in [-0.3, -0.25) is 19.1 Å². The van der Waals surface area contributed by atoms with Crippen LogP contribution in [0.3, 0.4) is 0 Å². The van der Waals surface area contributed by atoms with Crippen LogP contribution in [-0.4, -0.2) is 91.6 Å². The molecule has 0 spiro atoms. The average molecular weight is 1080 g/mol. The van der Waals surface area contributed by atoms with Crippen LogP contribution in [-0.2, 0) is 32.3 Å². The van der Waals surface area contributed by atoms with E-state index in [1.54, 1.807) is 24.3 Å². The molecule has 78 heavy (non-hydrogen) atoms. The van der Waals surface area contributed by atoms with E-state index < -0.39 is 33.6 Å². The number of nitrogen functional groups attached to an aromatic ring is 1. The highest BCUT2D eigenvalue weighted by atomic mass is 32.2. The van der Waals surface area contributed by atoms with Crippen molar-refractivity contribution in [1.29, 1.82) is 0 Å². The fourth-order valence-electron chi connectivity index (χ4n) is 11.0. The van der Waals surface area contributed by atoms with Crippen molar-refractivity contribution in [1.82, 2.24) is 30.6 Å². The Kier molecular flexibility index (Phi) is 17.8. The lowest BCUT2D eigenvalue weighted by Crippen LogP contribution is -2.40. The highest BCUT2D eigenvalue weighted by Gasteiger charge is 2.44. The van der Waals surface area contributed by atoms with E-state index in [0.29, 0.717) is 55.7 Å². The number of aromatic amines is 1. The van der Waals surface area contributed by atoms with Gasteiger partial charge in [0.05, 0.1) is 29.6 Å². The van der Waals surface area contributed by atoms with Gasteiger partial charge in [0.25, 0.3) is 21.6 Å². The lowest BCUT2D eigenvalue weighted by atomic mass is 9.81. The number of nitrogens with one attached hydrogen (secondary N) is 4. The van der Waals surface area contributed by atoms with Gasteiger partial charge in [0, 0.05) is 71.0 Å². The number of fused-ring (bicyclic) bond motifs is 3. The number of carboxylic acids is 1. The van der Waals surface area contributed by atoms with Gasteiger partial charge < -0.3 is 31.7 Å². The summed E-state index contributed by atoms with van der Waals surface area (Å²) < 4.78 is 35.0. The lowest BCUT2D eigenvalue weighted by molar-refractivity contribution is -0.438. The van der Waals surface area contributed by atoms with E-state index in [-0.39, 0.29) is 46.7 Å². The molecule has 1 aliphatic carbocycles. The zero-order valence-corrected chi connectivity index (χ0v) is 46.6. The number of unbranched alkanes of at least 4 members (excludes halogenated alkanes) is 4. The average Bonchev–Trinajstić information content (AvgIpc) is 4.01. The first kappa shape index (κ1) is 56.8. The molecule has 412 valence electrons. The largest absolute Gasteiger partial charge is 0.480 e.